The quantitative estimate of drug-likeness (QED) is 0.893. The average Bonchev–Trinajstić information content (AvgIpc) is 2.80. The summed E-state index contributed by atoms with van der Waals surface area (Å²) in [6, 6.07) is 0.543. The van der Waals surface area contributed by atoms with Gasteiger partial charge in [-0.1, -0.05) is 11.4 Å². The maximum absolute atomic E-state index is 12.4. The molecule has 1 saturated heterocycles. The van der Waals surface area contributed by atoms with Crippen LogP contribution in [0.25, 0.3) is 0 Å². The molecule has 102 valence electrons. The zero-order valence-electron chi connectivity index (χ0n) is 10.8. The minimum Gasteiger partial charge on any atom is -0.332 e. The SMILES string of the molecule is CCc1nnsc1C(=O)N1CCNC(C)C1C.Cl. The topological polar surface area (TPSA) is 58.1 Å². The van der Waals surface area contributed by atoms with E-state index in [2.05, 4.69) is 28.8 Å². The van der Waals surface area contributed by atoms with Gasteiger partial charge in [0.05, 0.1) is 5.69 Å². The Morgan fingerprint density at radius 3 is 2.94 bits per heavy atom. The van der Waals surface area contributed by atoms with Crippen molar-refractivity contribution in [3.63, 3.8) is 0 Å². The number of aromatic nitrogens is 2. The van der Waals surface area contributed by atoms with Crippen LogP contribution in [0.1, 0.15) is 36.1 Å². The van der Waals surface area contributed by atoms with Gasteiger partial charge in [-0.2, -0.15) is 0 Å². The van der Waals surface area contributed by atoms with E-state index in [0.717, 1.165) is 25.2 Å². The van der Waals surface area contributed by atoms with E-state index < -0.39 is 0 Å². The third kappa shape index (κ3) is 2.81. The van der Waals surface area contributed by atoms with Gasteiger partial charge in [0, 0.05) is 25.2 Å². The van der Waals surface area contributed by atoms with Crippen LogP contribution in [-0.4, -0.2) is 45.6 Å². The Morgan fingerprint density at radius 2 is 2.28 bits per heavy atom. The molecule has 1 fully saturated rings. The normalized spacial score (nSPS) is 23.6. The van der Waals surface area contributed by atoms with Crippen LogP contribution in [0, 0.1) is 0 Å². The minimum absolute atomic E-state index is 0. The highest BCUT2D eigenvalue weighted by molar-refractivity contribution is 7.08. The molecule has 0 radical (unpaired) electrons. The predicted octanol–water partition coefficient (Wildman–Crippen LogP) is 1.34. The van der Waals surface area contributed by atoms with Gasteiger partial charge < -0.3 is 10.2 Å². The first kappa shape index (κ1) is 15.3. The number of carbonyl (C=O) groups excluding carboxylic acids is 1. The summed E-state index contributed by atoms with van der Waals surface area (Å²) in [5, 5.41) is 7.37. The first-order chi connectivity index (χ1) is 8.15. The summed E-state index contributed by atoms with van der Waals surface area (Å²) in [6.07, 6.45) is 0.758. The molecule has 7 heteroatoms. The fourth-order valence-electron chi connectivity index (χ4n) is 2.08. The first-order valence-corrected chi connectivity index (χ1v) is 6.78. The van der Waals surface area contributed by atoms with Gasteiger partial charge in [0.25, 0.3) is 5.91 Å². The van der Waals surface area contributed by atoms with Gasteiger partial charge >= 0.3 is 0 Å². The van der Waals surface area contributed by atoms with Crippen molar-refractivity contribution in [3.8, 4) is 0 Å². The Labute approximate surface area is 118 Å². The van der Waals surface area contributed by atoms with E-state index in [0.29, 0.717) is 10.9 Å². The van der Waals surface area contributed by atoms with E-state index in [9.17, 15) is 4.79 Å². The summed E-state index contributed by atoms with van der Waals surface area (Å²) in [6.45, 7) is 7.79. The van der Waals surface area contributed by atoms with Crippen molar-refractivity contribution in [1.29, 1.82) is 0 Å². The van der Waals surface area contributed by atoms with Crippen LogP contribution in [0.15, 0.2) is 0 Å². The van der Waals surface area contributed by atoms with Crippen LogP contribution in [0.3, 0.4) is 0 Å². The number of carbonyl (C=O) groups is 1. The molecular weight excluding hydrogens is 272 g/mol. The van der Waals surface area contributed by atoms with Gasteiger partial charge in [0.1, 0.15) is 4.88 Å². The third-order valence-corrected chi connectivity index (χ3v) is 4.14. The van der Waals surface area contributed by atoms with Crippen LogP contribution in [0.4, 0.5) is 0 Å². The predicted molar refractivity (Wildman–Crippen MR) is 74.5 cm³/mol. The number of amides is 1. The van der Waals surface area contributed by atoms with E-state index in [1.165, 1.54) is 11.5 Å². The Bertz CT molecular complexity index is 412. The number of halogens is 1. The lowest BCUT2D eigenvalue weighted by molar-refractivity contribution is 0.0606. The van der Waals surface area contributed by atoms with E-state index in [1.807, 2.05) is 11.8 Å². The molecule has 0 aliphatic carbocycles. The third-order valence-electron chi connectivity index (χ3n) is 3.38. The molecule has 0 bridgehead atoms. The molecule has 1 N–H and O–H groups in total. The Morgan fingerprint density at radius 1 is 1.56 bits per heavy atom. The lowest BCUT2D eigenvalue weighted by atomic mass is 10.1. The highest BCUT2D eigenvalue weighted by Gasteiger charge is 2.30. The van der Waals surface area contributed by atoms with Crippen molar-refractivity contribution in [2.24, 2.45) is 0 Å². The molecule has 5 nitrogen and oxygen atoms in total. The van der Waals surface area contributed by atoms with Crippen LogP contribution in [-0.2, 0) is 6.42 Å². The monoisotopic (exact) mass is 290 g/mol. The average molecular weight is 291 g/mol. The summed E-state index contributed by atoms with van der Waals surface area (Å²) < 4.78 is 3.88. The zero-order valence-corrected chi connectivity index (χ0v) is 12.5. The lowest BCUT2D eigenvalue weighted by Gasteiger charge is -2.38. The molecule has 18 heavy (non-hydrogen) atoms. The van der Waals surface area contributed by atoms with Crippen LogP contribution in [0.5, 0.6) is 0 Å². The highest BCUT2D eigenvalue weighted by Crippen LogP contribution is 2.18. The molecule has 0 spiro atoms. The van der Waals surface area contributed by atoms with Crippen molar-refractivity contribution in [2.45, 2.75) is 39.3 Å². The standard InChI is InChI=1S/C11H18N4OS.ClH/c1-4-9-10(17-14-13-9)11(16)15-6-5-12-7(2)8(15)3;/h7-8,12H,4-6H2,1-3H3;1H. The number of piperazine rings is 1. The van der Waals surface area contributed by atoms with Gasteiger partial charge in [-0.25, -0.2) is 0 Å². The fraction of sp³-hybridized carbons (Fsp3) is 0.727. The van der Waals surface area contributed by atoms with Crippen molar-refractivity contribution >= 4 is 29.8 Å². The minimum atomic E-state index is 0. The second kappa shape index (κ2) is 6.45. The summed E-state index contributed by atoms with van der Waals surface area (Å²) in [5.41, 5.74) is 0.818. The van der Waals surface area contributed by atoms with E-state index >= 15 is 0 Å². The number of hydrogen-bond donors (Lipinski definition) is 1. The largest absolute Gasteiger partial charge is 0.332 e. The van der Waals surface area contributed by atoms with E-state index in [4.69, 9.17) is 0 Å². The molecule has 2 rings (SSSR count). The summed E-state index contributed by atoms with van der Waals surface area (Å²) in [4.78, 5) is 15.1. The van der Waals surface area contributed by atoms with Crippen molar-refractivity contribution in [2.75, 3.05) is 13.1 Å². The summed E-state index contributed by atoms with van der Waals surface area (Å²) in [7, 11) is 0. The second-order valence-electron chi connectivity index (χ2n) is 4.38. The summed E-state index contributed by atoms with van der Waals surface area (Å²) in [5.74, 6) is 0.0812. The van der Waals surface area contributed by atoms with Crippen LogP contribution < -0.4 is 5.32 Å². The zero-order chi connectivity index (χ0) is 12.4. The molecule has 2 atom stereocenters. The number of rotatable bonds is 2. The van der Waals surface area contributed by atoms with Gasteiger partial charge in [-0.15, -0.1) is 17.5 Å². The molecular formula is C11H19ClN4OS. The van der Waals surface area contributed by atoms with E-state index in [-0.39, 0.29) is 24.4 Å². The van der Waals surface area contributed by atoms with Gasteiger partial charge in [0.15, 0.2) is 0 Å². The Kier molecular flexibility index (Phi) is 5.49. The summed E-state index contributed by atoms with van der Waals surface area (Å²) >= 11 is 1.21. The van der Waals surface area contributed by atoms with Crippen LogP contribution >= 0.6 is 23.9 Å². The molecule has 1 amide bonds. The molecule has 2 unspecified atom stereocenters. The Hall–Kier alpha value is -0.720. The molecule has 1 aromatic rings. The fourth-order valence-corrected chi connectivity index (χ4v) is 2.78. The Balaban J connectivity index is 0.00000162. The maximum atomic E-state index is 12.4. The number of hydrogen-bond acceptors (Lipinski definition) is 5. The first-order valence-electron chi connectivity index (χ1n) is 6.00. The maximum Gasteiger partial charge on any atom is 0.267 e. The van der Waals surface area contributed by atoms with Gasteiger partial charge in [-0.05, 0) is 31.8 Å². The molecule has 1 aromatic heterocycles. The van der Waals surface area contributed by atoms with Crippen molar-refractivity contribution in [3.05, 3.63) is 10.6 Å². The molecule has 0 aromatic carbocycles. The van der Waals surface area contributed by atoms with Gasteiger partial charge in [-0.3, -0.25) is 4.79 Å². The molecule has 1 aliphatic heterocycles. The van der Waals surface area contributed by atoms with E-state index in [1.54, 1.807) is 0 Å². The smallest absolute Gasteiger partial charge is 0.267 e. The van der Waals surface area contributed by atoms with Crippen molar-refractivity contribution in [1.82, 2.24) is 19.8 Å². The number of aryl methyl sites for hydroxylation is 1. The molecule has 1 aliphatic rings. The van der Waals surface area contributed by atoms with Crippen LogP contribution in [0.2, 0.25) is 0 Å². The van der Waals surface area contributed by atoms with Gasteiger partial charge in [0.2, 0.25) is 0 Å². The number of nitrogens with zero attached hydrogens (tertiary/aromatic N) is 3. The lowest BCUT2D eigenvalue weighted by Crippen LogP contribution is -2.57. The second-order valence-corrected chi connectivity index (χ2v) is 5.14. The molecule has 0 saturated carbocycles. The highest BCUT2D eigenvalue weighted by atomic mass is 35.5. The number of nitrogens with one attached hydrogen (secondary N) is 1. The molecule has 2 heterocycles. The van der Waals surface area contributed by atoms with Crippen molar-refractivity contribution < 1.29 is 4.79 Å².